The van der Waals surface area contributed by atoms with Crippen molar-refractivity contribution in [2.45, 2.75) is 25.9 Å². The number of imide groups is 1. The Kier molecular flexibility index (Phi) is 5.34. The second kappa shape index (κ2) is 8.59. The van der Waals surface area contributed by atoms with E-state index in [1.54, 1.807) is 6.33 Å². The van der Waals surface area contributed by atoms with E-state index in [-0.39, 0.29) is 11.8 Å². The predicted molar refractivity (Wildman–Crippen MR) is 124 cm³/mol. The molecule has 2 heterocycles. The quantitative estimate of drug-likeness (QED) is 0.461. The van der Waals surface area contributed by atoms with E-state index < -0.39 is 0 Å². The predicted octanol–water partition coefficient (Wildman–Crippen LogP) is 4.56. The van der Waals surface area contributed by atoms with Crippen LogP contribution >= 0.6 is 0 Å². The number of hydrogen-bond donors (Lipinski definition) is 1. The molecule has 0 saturated carbocycles. The van der Waals surface area contributed by atoms with E-state index in [0.717, 1.165) is 33.4 Å². The Bertz CT molecular complexity index is 1290. The van der Waals surface area contributed by atoms with Crippen molar-refractivity contribution in [3.63, 3.8) is 0 Å². The van der Waals surface area contributed by atoms with Crippen LogP contribution in [0.1, 0.15) is 24.0 Å². The fraction of sp³-hybridized carbons (Fsp3) is 0.154. The Hall–Kier alpha value is -4.06. The maximum absolute atomic E-state index is 12.0. The van der Waals surface area contributed by atoms with E-state index in [4.69, 9.17) is 0 Å². The van der Waals surface area contributed by atoms with Gasteiger partial charge in [0.25, 0.3) is 0 Å². The van der Waals surface area contributed by atoms with Gasteiger partial charge in [-0.1, -0.05) is 54.6 Å². The minimum Gasteiger partial charge on any atom is -0.365 e. The van der Waals surface area contributed by atoms with E-state index in [0.29, 0.717) is 25.9 Å². The lowest BCUT2D eigenvalue weighted by Gasteiger charge is -2.15. The number of benzene rings is 3. The molecule has 0 spiro atoms. The standard InChI is InChI=1S/C26H22N4O2/c31-24-11-12-25(32)30(24)16-19-7-4-8-20(13-19)21-9-10-23-22(14-21)26(29-17-28-23)27-15-18-5-2-1-3-6-18/h1-10,13-14,17H,11-12,15-16H2,(H,27,28,29). The van der Waals surface area contributed by atoms with Gasteiger partial charge < -0.3 is 5.32 Å². The van der Waals surface area contributed by atoms with Crippen LogP contribution in [0.5, 0.6) is 0 Å². The van der Waals surface area contributed by atoms with Gasteiger partial charge in [0.05, 0.1) is 12.1 Å². The molecule has 0 radical (unpaired) electrons. The zero-order chi connectivity index (χ0) is 21.9. The van der Waals surface area contributed by atoms with Gasteiger partial charge in [0, 0.05) is 24.8 Å². The van der Waals surface area contributed by atoms with Crippen LogP contribution in [-0.2, 0) is 22.7 Å². The summed E-state index contributed by atoms with van der Waals surface area (Å²) < 4.78 is 0. The fourth-order valence-electron chi connectivity index (χ4n) is 3.99. The molecule has 1 fully saturated rings. The summed E-state index contributed by atoms with van der Waals surface area (Å²) in [6.45, 7) is 0.983. The summed E-state index contributed by atoms with van der Waals surface area (Å²) in [6, 6.07) is 24.2. The Labute approximate surface area is 185 Å². The van der Waals surface area contributed by atoms with Crippen molar-refractivity contribution < 1.29 is 9.59 Å². The molecule has 0 atom stereocenters. The molecule has 1 saturated heterocycles. The number of rotatable bonds is 6. The van der Waals surface area contributed by atoms with Gasteiger partial charge in [0.15, 0.2) is 0 Å². The summed E-state index contributed by atoms with van der Waals surface area (Å²) in [5, 5.41) is 4.36. The van der Waals surface area contributed by atoms with Crippen LogP contribution in [0.4, 0.5) is 5.82 Å². The van der Waals surface area contributed by atoms with Crippen LogP contribution in [0, 0.1) is 0 Å². The summed E-state index contributed by atoms with van der Waals surface area (Å²) in [7, 11) is 0. The van der Waals surface area contributed by atoms with Gasteiger partial charge in [-0.2, -0.15) is 0 Å². The third-order valence-corrected chi connectivity index (χ3v) is 5.69. The van der Waals surface area contributed by atoms with Crippen LogP contribution in [0.3, 0.4) is 0 Å². The van der Waals surface area contributed by atoms with Crippen molar-refractivity contribution in [3.8, 4) is 11.1 Å². The molecular weight excluding hydrogens is 400 g/mol. The summed E-state index contributed by atoms with van der Waals surface area (Å²) in [4.78, 5) is 34.2. The number of fused-ring (bicyclic) bond motifs is 1. The lowest BCUT2D eigenvalue weighted by atomic mass is 10.0. The first-order chi connectivity index (χ1) is 15.7. The second-order valence-electron chi connectivity index (χ2n) is 7.87. The lowest BCUT2D eigenvalue weighted by Crippen LogP contribution is -2.28. The Morgan fingerprint density at radius 2 is 1.53 bits per heavy atom. The first-order valence-corrected chi connectivity index (χ1v) is 10.6. The van der Waals surface area contributed by atoms with Crippen molar-refractivity contribution in [3.05, 3.63) is 90.3 Å². The molecule has 158 valence electrons. The molecule has 1 aliphatic heterocycles. The van der Waals surface area contributed by atoms with Gasteiger partial charge >= 0.3 is 0 Å². The largest absolute Gasteiger partial charge is 0.365 e. The van der Waals surface area contributed by atoms with Gasteiger partial charge in [0.1, 0.15) is 12.1 Å². The zero-order valence-corrected chi connectivity index (χ0v) is 17.5. The Morgan fingerprint density at radius 3 is 2.34 bits per heavy atom. The van der Waals surface area contributed by atoms with E-state index in [2.05, 4.69) is 33.5 Å². The van der Waals surface area contributed by atoms with Crippen LogP contribution in [0.2, 0.25) is 0 Å². The van der Waals surface area contributed by atoms with Gasteiger partial charge in [-0.05, 0) is 40.5 Å². The normalized spacial score (nSPS) is 13.7. The minimum absolute atomic E-state index is 0.0996. The van der Waals surface area contributed by atoms with Gasteiger partial charge in [-0.15, -0.1) is 0 Å². The van der Waals surface area contributed by atoms with Gasteiger partial charge in [-0.25, -0.2) is 9.97 Å². The smallest absolute Gasteiger partial charge is 0.229 e. The lowest BCUT2D eigenvalue weighted by molar-refractivity contribution is -0.139. The maximum Gasteiger partial charge on any atom is 0.229 e. The van der Waals surface area contributed by atoms with Gasteiger partial charge in [0.2, 0.25) is 11.8 Å². The van der Waals surface area contributed by atoms with E-state index in [9.17, 15) is 9.59 Å². The SMILES string of the molecule is O=C1CCC(=O)N1Cc1cccc(-c2ccc3ncnc(NCc4ccccc4)c3c2)c1. The van der Waals surface area contributed by atoms with Crippen molar-refractivity contribution in [2.24, 2.45) is 0 Å². The number of carbonyl (C=O) groups is 2. The molecule has 0 aliphatic carbocycles. The van der Waals surface area contributed by atoms with Crippen LogP contribution < -0.4 is 5.32 Å². The van der Waals surface area contributed by atoms with Crippen LogP contribution in [0.25, 0.3) is 22.0 Å². The topological polar surface area (TPSA) is 75.2 Å². The van der Waals surface area contributed by atoms with Crippen molar-refractivity contribution in [1.29, 1.82) is 0 Å². The summed E-state index contributed by atoms with van der Waals surface area (Å²) in [5.41, 5.74) is 5.01. The fourth-order valence-corrected chi connectivity index (χ4v) is 3.99. The summed E-state index contributed by atoms with van der Waals surface area (Å²) in [5.74, 6) is 0.583. The highest BCUT2D eigenvalue weighted by molar-refractivity contribution is 6.01. The van der Waals surface area contributed by atoms with Gasteiger partial charge in [-0.3, -0.25) is 14.5 Å². The Morgan fingerprint density at radius 1 is 0.781 bits per heavy atom. The first kappa shape index (κ1) is 19.9. The molecule has 2 amide bonds. The molecule has 0 unspecified atom stereocenters. The molecule has 6 heteroatoms. The molecule has 6 nitrogen and oxygen atoms in total. The number of likely N-dealkylation sites (tertiary alicyclic amines) is 1. The molecular formula is C26H22N4O2. The van der Waals surface area contributed by atoms with Crippen molar-refractivity contribution in [1.82, 2.24) is 14.9 Å². The number of nitrogens with one attached hydrogen (secondary N) is 1. The number of anilines is 1. The number of hydrogen-bond acceptors (Lipinski definition) is 5. The van der Waals surface area contributed by atoms with E-state index in [1.807, 2.05) is 54.6 Å². The van der Waals surface area contributed by atoms with E-state index in [1.165, 1.54) is 10.5 Å². The molecule has 4 aromatic rings. The average Bonchev–Trinajstić information content (AvgIpc) is 3.15. The molecule has 1 N–H and O–H groups in total. The molecule has 0 bridgehead atoms. The monoisotopic (exact) mass is 422 g/mol. The highest BCUT2D eigenvalue weighted by Gasteiger charge is 2.28. The van der Waals surface area contributed by atoms with Crippen molar-refractivity contribution in [2.75, 3.05) is 5.32 Å². The number of aromatic nitrogens is 2. The molecule has 32 heavy (non-hydrogen) atoms. The molecule has 3 aromatic carbocycles. The molecule has 5 rings (SSSR count). The highest BCUT2D eigenvalue weighted by Crippen LogP contribution is 2.28. The Balaban J connectivity index is 1.43. The molecule has 1 aliphatic rings. The second-order valence-corrected chi connectivity index (χ2v) is 7.87. The molecule has 1 aromatic heterocycles. The third-order valence-electron chi connectivity index (χ3n) is 5.69. The minimum atomic E-state index is -0.0996. The average molecular weight is 422 g/mol. The van der Waals surface area contributed by atoms with Crippen LogP contribution in [-0.4, -0.2) is 26.7 Å². The number of amides is 2. The third kappa shape index (κ3) is 4.07. The van der Waals surface area contributed by atoms with Crippen LogP contribution in [0.15, 0.2) is 79.1 Å². The highest BCUT2D eigenvalue weighted by atomic mass is 16.2. The summed E-state index contributed by atoms with van der Waals surface area (Å²) >= 11 is 0. The maximum atomic E-state index is 12.0. The number of nitrogens with zero attached hydrogens (tertiary/aromatic N) is 3. The summed E-state index contributed by atoms with van der Waals surface area (Å²) in [6.07, 6.45) is 2.18. The van der Waals surface area contributed by atoms with Crippen molar-refractivity contribution >= 4 is 28.5 Å². The first-order valence-electron chi connectivity index (χ1n) is 10.6. The van der Waals surface area contributed by atoms with E-state index >= 15 is 0 Å². The zero-order valence-electron chi connectivity index (χ0n) is 17.5. The number of carbonyl (C=O) groups excluding carboxylic acids is 2.